The molecule has 5 nitrogen and oxygen atoms in total. The summed E-state index contributed by atoms with van der Waals surface area (Å²) in [6.07, 6.45) is 3.13. The highest BCUT2D eigenvalue weighted by Crippen LogP contribution is 2.19. The molecule has 1 aromatic heterocycles. The molecular formula is C19H14ClN3O2. The zero-order valence-electron chi connectivity index (χ0n) is 13.1. The number of nitrogens with one attached hydrogen (secondary N) is 2. The van der Waals surface area contributed by atoms with E-state index in [1.807, 2.05) is 18.2 Å². The Hall–Kier alpha value is -3.18. The minimum Gasteiger partial charge on any atom is -0.322 e. The summed E-state index contributed by atoms with van der Waals surface area (Å²) < 4.78 is 0. The minimum absolute atomic E-state index is 0.258. The van der Waals surface area contributed by atoms with Crippen LogP contribution in [0.25, 0.3) is 17.3 Å². The monoisotopic (exact) mass is 351 g/mol. The molecule has 0 saturated carbocycles. The molecule has 124 valence electrons. The van der Waals surface area contributed by atoms with Crippen LogP contribution < -0.4 is 10.9 Å². The number of carbonyl (C=O) groups is 1. The van der Waals surface area contributed by atoms with Crippen molar-refractivity contribution in [3.8, 4) is 11.3 Å². The second-order valence-corrected chi connectivity index (χ2v) is 5.70. The van der Waals surface area contributed by atoms with Gasteiger partial charge in [0.2, 0.25) is 5.91 Å². The first-order valence-electron chi connectivity index (χ1n) is 7.51. The lowest BCUT2D eigenvalue weighted by Gasteiger charge is -2.05. The van der Waals surface area contributed by atoms with E-state index in [9.17, 15) is 9.59 Å². The molecular weight excluding hydrogens is 338 g/mol. The Morgan fingerprint density at radius 1 is 1.08 bits per heavy atom. The zero-order valence-corrected chi connectivity index (χ0v) is 13.8. The molecule has 0 aliphatic rings. The second kappa shape index (κ2) is 7.59. The number of carbonyl (C=O) groups excluding carboxylic acids is 1. The van der Waals surface area contributed by atoms with Crippen LogP contribution in [0.3, 0.4) is 0 Å². The van der Waals surface area contributed by atoms with E-state index in [1.165, 1.54) is 12.1 Å². The van der Waals surface area contributed by atoms with E-state index in [-0.39, 0.29) is 11.5 Å². The lowest BCUT2D eigenvalue weighted by Crippen LogP contribution is -2.08. The largest absolute Gasteiger partial charge is 0.322 e. The smallest absolute Gasteiger partial charge is 0.264 e. The summed E-state index contributed by atoms with van der Waals surface area (Å²) in [4.78, 5) is 23.2. The summed E-state index contributed by atoms with van der Waals surface area (Å²) in [6, 6.07) is 17.5. The average molecular weight is 352 g/mol. The van der Waals surface area contributed by atoms with Crippen molar-refractivity contribution in [2.75, 3.05) is 5.32 Å². The van der Waals surface area contributed by atoms with Crippen molar-refractivity contribution in [2.45, 2.75) is 0 Å². The number of halogens is 1. The normalized spacial score (nSPS) is 10.8. The molecule has 25 heavy (non-hydrogen) atoms. The van der Waals surface area contributed by atoms with Crippen molar-refractivity contribution < 1.29 is 4.79 Å². The summed E-state index contributed by atoms with van der Waals surface area (Å²) in [5.74, 6) is -0.258. The fourth-order valence-electron chi connectivity index (χ4n) is 2.23. The summed E-state index contributed by atoms with van der Waals surface area (Å²) in [5.41, 5.74) is 2.61. The lowest BCUT2D eigenvalue weighted by atomic mass is 10.1. The number of anilines is 1. The van der Waals surface area contributed by atoms with E-state index < -0.39 is 0 Å². The number of aromatic nitrogens is 2. The van der Waals surface area contributed by atoms with Gasteiger partial charge in [-0.3, -0.25) is 9.59 Å². The summed E-state index contributed by atoms with van der Waals surface area (Å²) in [6.45, 7) is 0. The summed E-state index contributed by atoms with van der Waals surface area (Å²) >= 11 is 5.91. The molecule has 0 aliphatic carbocycles. The molecule has 3 aromatic rings. The van der Waals surface area contributed by atoms with Gasteiger partial charge in [0.1, 0.15) is 0 Å². The molecule has 1 heterocycles. The maximum atomic E-state index is 12.1. The molecule has 0 atom stereocenters. The minimum atomic E-state index is -0.264. The van der Waals surface area contributed by atoms with Gasteiger partial charge in [0, 0.05) is 28.4 Å². The molecule has 2 aromatic carbocycles. The van der Waals surface area contributed by atoms with Crippen molar-refractivity contribution in [1.29, 1.82) is 0 Å². The van der Waals surface area contributed by atoms with E-state index in [0.29, 0.717) is 16.4 Å². The van der Waals surface area contributed by atoms with Gasteiger partial charge in [-0.2, -0.15) is 5.10 Å². The highest BCUT2D eigenvalue weighted by molar-refractivity contribution is 6.30. The number of H-pyrrole nitrogens is 1. The third kappa shape index (κ3) is 4.65. The maximum absolute atomic E-state index is 12.1. The maximum Gasteiger partial charge on any atom is 0.264 e. The molecule has 2 N–H and O–H groups in total. The third-order valence-corrected chi connectivity index (χ3v) is 3.62. The van der Waals surface area contributed by atoms with Crippen molar-refractivity contribution in [1.82, 2.24) is 10.2 Å². The van der Waals surface area contributed by atoms with E-state index in [2.05, 4.69) is 15.5 Å². The van der Waals surface area contributed by atoms with Gasteiger partial charge in [0.05, 0.1) is 5.69 Å². The molecule has 1 amide bonds. The fraction of sp³-hybridized carbons (Fsp3) is 0. The molecule has 0 spiro atoms. The lowest BCUT2D eigenvalue weighted by molar-refractivity contribution is -0.111. The van der Waals surface area contributed by atoms with Gasteiger partial charge in [0.25, 0.3) is 5.56 Å². The molecule has 0 unspecified atom stereocenters. The standard InChI is InChI=1S/C19H14ClN3O2/c20-15-5-1-3-13(11-15)7-9-18(24)21-16-6-2-4-14(12-16)17-8-10-19(25)23-22-17/h1-12H,(H,21,24)(H,23,25)/b9-7+. The molecule has 0 aliphatic heterocycles. The highest BCUT2D eigenvalue weighted by Gasteiger charge is 2.03. The number of rotatable bonds is 4. The van der Waals surface area contributed by atoms with Crippen molar-refractivity contribution in [2.24, 2.45) is 0 Å². The van der Waals surface area contributed by atoms with Crippen LogP contribution in [-0.4, -0.2) is 16.1 Å². The average Bonchev–Trinajstić information content (AvgIpc) is 2.61. The Bertz CT molecular complexity index is 975. The van der Waals surface area contributed by atoms with E-state index in [1.54, 1.807) is 42.5 Å². The predicted octanol–water partition coefficient (Wildman–Crippen LogP) is 3.74. The van der Waals surface area contributed by atoms with Crippen molar-refractivity contribution >= 4 is 29.3 Å². The van der Waals surface area contributed by atoms with Gasteiger partial charge < -0.3 is 5.32 Å². The number of nitrogens with zero attached hydrogens (tertiary/aromatic N) is 1. The quantitative estimate of drug-likeness (QED) is 0.703. The van der Waals surface area contributed by atoms with Crippen LogP contribution in [0.5, 0.6) is 0 Å². The molecule has 0 radical (unpaired) electrons. The predicted molar refractivity (Wildman–Crippen MR) is 99.4 cm³/mol. The van der Waals surface area contributed by atoms with Crippen molar-refractivity contribution in [3.63, 3.8) is 0 Å². The van der Waals surface area contributed by atoms with E-state index >= 15 is 0 Å². The number of aromatic amines is 1. The Morgan fingerprint density at radius 2 is 1.92 bits per heavy atom. The highest BCUT2D eigenvalue weighted by atomic mass is 35.5. The van der Waals surface area contributed by atoms with Crippen LogP contribution in [0.2, 0.25) is 5.02 Å². The Morgan fingerprint density at radius 3 is 2.68 bits per heavy atom. The molecule has 0 saturated heterocycles. The summed E-state index contributed by atoms with van der Waals surface area (Å²) in [5, 5.41) is 9.77. The van der Waals surface area contributed by atoms with Gasteiger partial charge in [-0.05, 0) is 42.0 Å². The van der Waals surface area contributed by atoms with Crippen LogP contribution in [0, 0.1) is 0 Å². The molecule has 3 rings (SSSR count). The molecule has 0 bridgehead atoms. The first-order valence-corrected chi connectivity index (χ1v) is 7.89. The second-order valence-electron chi connectivity index (χ2n) is 5.26. The van der Waals surface area contributed by atoms with E-state index in [4.69, 9.17) is 11.6 Å². The third-order valence-electron chi connectivity index (χ3n) is 3.38. The number of hydrogen-bond acceptors (Lipinski definition) is 3. The van der Waals surface area contributed by atoms with Gasteiger partial charge >= 0.3 is 0 Å². The van der Waals surface area contributed by atoms with Crippen LogP contribution in [0.1, 0.15) is 5.56 Å². The number of benzene rings is 2. The van der Waals surface area contributed by atoms with Gasteiger partial charge in [-0.1, -0.05) is 35.9 Å². The topological polar surface area (TPSA) is 74.8 Å². The van der Waals surface area contributed by atoms with Crippen LogP contribution in [-0.2, 0) is 4.79 Å². The van der Waals surface area contributed by atoms with Gasteiger partial charge in [0.15, 0.2) is 0 Å². The van der Waals surface area contributed by atoms with Gasteiger partial charge in [-0.25, -0.2) is 5.10 Å². The molecule has 6 heteroatoms. The SMILES string of the molecule is O=C(/C=C/c1cccc(Cl)c1)Nc1cccc(-c2ccc(=O)[nH]n2)c1. The Balaban J connectivity index is 1.72. The molecule has 0 fully saturated rings. The van der Waals surface area contributed by atoms with Crippen LogP contribution >= 0.6 is 11.6 Å². The van der Waals surface area contributed by atoms with Crippen molar-refractivity contribution in [3.05, 3.63) is 87.7 Å². The van der Waals surface area contributed by atoms with E-state index in [0.717, 1.165) is 11.1 Å². The Labute approximate surface area is 149 Å². The fourth-order valence-corrected chi connectivity index (χ4v) is 2.43. The number of amides is 1. The first kappa shape index (κ1) is 16.7. The first-order chi connectivity index (χ1) is 12.1. The van der Waals surface area contributed by atoms with Crippen LogP contribution in [0.4, 0.5) is 5.69 Å². The summed E-state index contributed by atoms with van der Waals surface area (Å²) in [7, 11) is 0. The Kier molecular flexibility index (Phi) is 5.06. The zero-order chi connectivity index (χ0) is 17.6. The van der Waals surface area contributed by atoms with Gasteiger partial charge in [-0.15, -0.1) is 0 Å². The van der Waals surface area contributed by atoms with Crippen LogP contribution in [0.15, 0.2) is 71.5 Å². The number of hydrogen-bond donors (Lipinski definition) is 2.